The molecule has 0 aliphatic heterocycles. The number of hydrogen-bond donors (Lipinski definition) is 2. The molecule has 22 heavy (non-hydrogen) atoms. The van der Waals surface area contributed by atoms with Gasteiger partial charge in [0.2, 0.25) is 0 Å². The lowest BCUT2D eigenvalue weighted by Crippen LogP contribution is -2.53. The topological polar surface area (TPSA) is 40.5 Å². The quantitative estimate of drug-likeness (QED) is 0.755. The Labute approximate surface area is 135 Å². The van der Waals surface area contributed by atoms with E-state index in [1.807, 2.05) is 0 Å². The van der Waals surface area contributed by atoms with E-state index >= 15 is 0 Å². The van der Waals surface area contributed by atoms with Gasteiger partial charge in [-0.15, -0.1) is 6.58 Å². The molecule has 2 saturated carbocycles. The molecule has 3 rings (SSSR count). The maximum absolute atomic E-state index is 10.4. The molecule has 0 spiro atoms. The first-order valence-corrected chi connectivity index (χ1v) is 8.92. The number of aliphatic hydroxyl groups is 2. The molecule has 2 nitrogen and oxygen atoms in total. The Bertz CT molecular complexity index is 492. The molecular weight excluding hydrogens is 272 g/mol. The van der Waals surface area contributed by atoms with Gasteiger partial charge in [0.25, 0.3) is 0 Å². The zero-order valence-corrected chi connectivity index (χ0v) is 14.4. The summed E-state index contributed by atoms with van der Waals surface area (Å²) in [7, 11) is 0. The highest BCUT2D eigenvalue weighted by atomic mass is 16.3. The lowest BCUT2D eigenvalue weighted by atomic mass is 9.46. The molecule has 0 aromatic rings. The van der Waals surface area contributed by atoms with Crippen LogP contribution < -0.4 is 0 Å². The van der Waals surface area contributed by atoms with Crippen molar-refractivity contribution >= 4 is 0 Å². The largest absolute Gasteiger partial charge is 0.395 e. The summed E-state index contributed by atoms with van der Waals surface area (Å²) in [5.41, 5.74) is 1.58. The van der Waals surface area contributed by atoms with Crippen molar-refractivity contribution in [3.8, 4) is 0 Å². The number of allylic oxidation sites excluding steroid dienone is 1. The van der Waals surface area contributed by atoms with Crippen molar-refractivity contribution in [3.05, 3.63) is 24.3 Å². The van der Waals surface area contributed by atoms with Crippen molar-refractivity contribution in [2.75, 3.05) is 6.61 Å². The Balaban J connectivity index is 1.99. The molecule has 0 bridgehead atoms. The van der Waals surface area contributed by atoms with Crippen LogP contribution in [0.5, 0.6) is 0 Å². The molecule has 0 heterocycles. The molecule has 2 N–H and O–H groups in total. The van der Waals surface area contributed by atoms with Gasteiger partial charge in [-0.1, -0.05) is 38.5 Å². The number of aliphatic hydroxyl groups excluding tert-OH is 2. The molecule has 3 aliphatic carbocycles. The molecule has 3 aliphatic rings. The van der Waals surface area contributed by atoms with E-state index in [4.69, 9.17) is 0 Å². The van der Waals surface area contributed by atoms with E-state index in [2.05, 4.69) is 39.5 Å². The van der Waals surface area contributed by atoms with Crippen LogP contribution in [0.4, 0.5) is 0 Å². The Morgan fingerprint density at radius 1 is 1.27 bits per heavy atom. The standard InChI is InChI=1S/C20H32O2/c1-5-19(4)10-11-20(13-21)14(12-19)6-7-15-16(20)8-9-17(22)18(15,2)3/h5,8,14-15,17,21-22H,1,6-7,9-13H2,2-4H3/t14-,15-,17+,19-,20+/m1/s1. The van der Waals surface area contributed by atoms with Crippen molar-refractivity contribution in [3.63, 3.8) is 0 Å². The van der Waals surface area contributed by atoms with E-state index in [1.165, 1.54) is 12.0 Å². The fourth-order valence-electron chi connectivity index (χ4n) is 5.58. The van der Waals surface area contributed by atoms with E-state index in [1.54, 1.807) is 0 Å². The second-order valence-electron chi connectivity index (χ2n) is 8.94. The molecule has 124 valence electrons. The third kappa shape index (κ3) is 2.14. The normalized spacial score (nSPS) is 47.1. The summed E-state index contributed by atoms with van der Waals surface area (Å²) in [6, 6.07) is 0. The van der Waals surface area contributed by atoms with Crippen LogP contribution in [-0.2, 0) is 0 Å². The van der Waals surface area contributed by atoms with Crippen LogP contribution in [0, 0.1) is 28.1 Å². The highest BCUT2D eigenvalue weighted by Crippen LogP contribution is 2.63. The second kappa shape index (κ2) is 5.21. The van der Waals surface area contributed by atoms with Crippen molar-refractivity contribution in [2.45, 2.75) is 65.4 Å². The van der Waals surface area contributed by atoms with Crippen molar-refractivity contribution < 1.29 is 10.2 Å². The summed E-state index contributed by atoms with van der Waals surface area (Å²) in [4.78, 5) is 0. The summed E-state index contributed by atoms with van der Waals surface area (Å²) in [6.07, 6.45) is 10.5. The highest BCUT2D eigenvalue weighted by molar-refractivity contribution is 5.30. The Kier molecular flexibility index (Phi) is 3.85. The van der Waals surface area contributed by atoms with E-state index in [-0.39, 0.29) is 29.0 Å². The predicted molar refractivity (Wildman–Crippen MR) is 90.4 cm³/mol. The minimum absolute atomic E-state index is 0.0388. The van der Waals surface area contributed by atoms with Crippen LogP contribution in [-0.4, -0.2) is 22.9 Å². The van der Waals surface area contributed by atoms with Crippen LogP contribution in [0.15, 0.2) is 24.3 Å². The number of rotatable bonds is 2. The maximum atomic E-state index is 10.4. The van der Waals surface area contributed by atoms with E-state index in [0.29, 0.717) is 11.8 Å². The third-order valence-corrected chi connectivity index (χ3v) is 7.48. The van der Waals surface area contributed by atoms with Gasteiger partial charge >= 0.3 is 0 Å². The average molecular weight is 304 g/mol. The van der Waals surface area contributed by atoms with E-state index in [9.17, 15) is 10.2 Å². The van der Waals surface area contributed by atoms with Gasteiger partial charge in [-0.3, -0.25) is 0 Å². The monoisotopic (exact) mass is 304 g/mol. The van der Waals surface area contributed by atoms with Gasteiger partial charge in [0.05, 0.1) is 12.7 Å². The maximum Gasteiger partial charge on any atom is 0.0631 e. The molecule has 0 aromatic heterocycles. The smallest absolute Gasteiger partial charge is 0.0631 e. The molecular formula is C20H32O2. The van der Waals surface area contributed by atoms with E-state index in [0.717, 1.165) is 32.1 Å². The minimum Gasteiger partial charge on any atom is -0.395 e. The van der Waals surface area contributed by atoms with Crippen LogP contribution in [0.1, 0.15) is 59.3 Å². The lowest BCUT2D eigenvalue weighted by Gasteiger charge is -2.59. The first kappa shape index (κ1) is 16.3. The first-order valence-electron chi connectivity index (χ1n) is 8.92. The summed E-state index contributed by atoms with van der Waals surface area (Å²) in [5, 5.41) is 20.8. The van der Waals surface area contributed by atoms with Gasteiger partial charge < -0.3 is 10.2 Å². The number of hydrogen-bond acceptors (Lipinski definition) is 2. The average Bonchev–Trinajstić information content (AvgIpc) is 2.50. The molecule has 0 unspecified atom stereocenters. The first-order chi connectivity index (χ1) is 10.3. The van der Waals surface area contributed by atoms with Crippen molar-refractivity contribution in [1.29, 1.82) is 0 Å². The van der Waals surface area contributed by atoms with Gasteiger partial charge in [-0.2, -0.15) is 0 Å². The Morgan fingerprint density at radius 3 is 2.64 bits per heavy atom. The molecule has 0 aromatic carbocycles. The van der Waals surface area contributed by atoms with Crippen molar-refractivity contribution in [2.24, 2.45) is 28.1 Å². The minimum atomic E-state index is -0.254. The van der Waals surface area contributed by atoms with Gasteiger partial charge in [-0.25, -0.2) is 0 Å². The zero-order chi connectivity index (χ0) is 16.2. The summed E-state index contributed by atoms with van der Waals surface area (Å²) >= 11 is 0. The molecule has 0 saturated heterocycles. The summed E-state index contributed by atoms with van der Waals surface area (Å²) < 4.78 is 0. The van der Waals surface area contributed by atoms with E-state index < -0.39 is 0 Å². The number of fused-ring (bicyclic) bond motifs is 3. The molecule has 2 fully saturated rings. The molecule has 0 amide bonds. The van der Waals surface area contributed by atoms with Gasteiger partial charge in [-0.05, 0) is 61.2 Å². The SMILES string of the molecule is C=C[C@]1(C)CC[C@@]2(CO)C3=CC[C@H](O)C(C)(C)[C@@H]3CC[C@@H]2C1. The van der Waals surface area contributed by atoms with Gasteiger partial charge in [0.15, 0.2) is 0 Å². The summed E-state index contributed by atoms with van der Waals surface area (Å²) in [5.74, 6) is 0.982. The fourth-order valence-corrected chi connectivity index (χ4v) is 5.58. The predicted octanol–water partition coefficient (Wildman–Crippen LogP) is 4.08. The molecule has 5 atom stereocenters. The molecule has 2 heteroatoms. The highest BCUT2D eigenvalue weighted by Gasteiger charge is 2.56. The Hall–Kier alpha value is -0.600. The summed E-state index contributed by atoms with van der Waals surface area (Å²) in [6.45, 7) is 11.0. The Morgan fingerprint density at radius 2 is 2.00 bits per heavy atom. The van der Waals surface area contributed by atoms with Crippen LogP contribution in [0.25, 0.3) is 0 Å². The van der Waals surface area contributed by atoms with Crippen molar-refractivity contribution in [1.82, 2.24) is 0 Å². The fraction of sp³-hybridized carbons (Fsp3) is 0.800. The van der Waals surface area contributed by atoms with Crippen LogP contribution in [0.2, 0.25) is 0 Å². The third-order valence-electron chi connectivity index (χ3n) is 7.48. The second-order valence-corrected chi connectivity index (χ2v) is 8.94. The molecule has 0 radical (unpaired) electrons. The van der Waals surface area contributed by atoms with Crippen LogP contribution >= 0.6 is 0 Å². The van der Waals surface area contributed by atoms with Gasteiger partial charge in [0, 0.05) is 5.41 Å². The zero-order valence-electron chi connectivity index (χ0n) is 14.4. The van der Waals surface area contributed by atoms with Gasteiger partial charge in [0.1, 0.15) is 0 Å². The lowest BCUT2D eigenvalue weighted by molar-refractivity contribution is -0.0622. The van der Waals surface area contributed by atoms with Crippen LogP contribution in [0.3, 0.4) is 0 Å².